The standard InChI is InChI=1S/C24H30N2O4/c1-4-24(27)30-17-9-7-6-8-16-29-23-15-12-21(18-19(23)3)26-25-20-10-13-22(14-11-20)28-5-2/h4,10-15,18H,1,5-9,16-17H2,2-3H3. The maximum atomic E-state index is 10.9. The summed E-state index contributed by atoms with van der Waals surface area (Å²) in [5, 5.41) is 8.57. The molecule has 30 heavy (non-hydrogen) atoms. The van der Waals surface area contributed by atoms with E-state index >= 15 is 0 Å². The number of azo groups is 1. The number of esters is 1. The van der Waals surface area contributed by atoms with E-state index in [-0.39, 0.29) is 5.97 Å². The summed E-state index contributed by atoms with van der Waals surface area (Å²) in [6.45, 7) is 9.06. The molecule has 0 saturated carbocycles. The highest BCUT2D eigenvalue weighted by atomic mass is 16.5. The molecular weight excluding hydrogens is 380 g/mol. The first-order valence-corrected chi connectivity index (χ1v) is 10.3. The van der Waals surface area contributed by atoms with E-state index in [2.05, 4.69) is 16.8 Å². The van der Waals surface area contributed by atoms with Crippen molar-refractivity contribution >= 4 is 17.3 Å². The van der Waals surface area contributed by atoms with Crippen LogP contribution in [0.5, 0.6) is 11.5 Å². The number of ether oxygens (including phenoxy) is 3. The van der Waals surface area contributed by atoms with Gasteiger partial charge < -0.3 is 14.2 Å². The molecule has 0 amide bonds. The summed E-state index contributed by atoms with van der Waals surface area (Å²) < 4.78 is 16.2. The molecule has 0 N–H and O–H groups in total. The molecule has 160 valence electrons. The third-order valence-corrected chi connectivity index (χ3v) is 4.29. The highest BCUT2D eigenvalue weighted by molar-refractivity contribution is 5.81. The highest BCUT2D eigenvalue weighted by Gasteiger charge is 2.02. The van der Waals surface area contributed by atoms with E-state index in [1.165, 1.54) is 6.08 Å². The van der Waals surface area contributed by atoms with Gasteiger partial charge in [0.15, 0.2) is 0 Å². The van der Waals surface area contributed by atoms with Gasteiger partial charge in [-0.15, -0.1) is 0 Å². The number of aryl methyl sites for hydroxylation is 1. The molecule has 2 aromatic rings. The van der Waals surface area contributed by atoms with Crippen molar-refractivity contribution < 1.29 is 19.0 Å². The molecule has 6 nitrogen and oxygen atoms in total. The van der Waals surface area contributed by atoms with Gasteiger partial charge in [-0.1, -0.05) is 6.58 Å². The average molecular weight is 411 g/mol. The first-order chi connectivity index (χ1) is 14.6. The molecule has 0 aliphatic rings. The fourth-order valence-electron chi connectivity index (χ4n) is 2.72. The van der Waals surface area contributed by atoms with Gasteiger partial charge >= 0.3 is 5.97 Å². The number of carbonyl (C=O) groups is 1. The zero-order valence-corrected chi connectivity index (χ0v) is 17.8. The number of carbonyl (C=O) groups excluding carboxylic acids is 1. The van der Waals surface area contributed by atoms with Gasteiger partial charge in [-0.3, -0.25) is 0 Å². The van der Waals surface area contributed by atoms with E-state index in [4.69, 9.17) is 14.2 Å². The van der Waals surface area contributed by atoms with Crippen molar-refractivity contribution in [3.8, 4) is 11.5 Å². The highest BCUT2D eigenvalue weighted by Crippen LogP contribution is 2.26. The Bertz CT molecular complexity index is 832. The van der Waals surface area contributed by atoms with Crippen molar-refractivity contribution in [2.45, 2.75) is 39.5 Å². The number of hydrogen-bond donors (Lipinski definition) is 0. The lowest BCUT2D eigenvalue weighted by atomic mass is 10.2. The van der Waals surface area contributed by atoms with Crippen LogP contribution in [-0.4, -0.2) is 25.8 Å². The third-order valence-electron chi connectivity index (χ3n) is 4.29. The second kappa shape index (κ2) is 13.1. The van der Waals surface area contributed by atoms with Gasteiger partial charge in [0, 0.05) is 6.08 Å². The first-order valence-electron chi connectivity index (χ1n) is 10.3. The fraction of sp³-hybridized carbons (Fsp3) is 0.375. The van der Waals surface area contributed by atoms with E-state index < -0.39 is 0 Å². The summed E-state index contributed by atoms with van der Waals surface area (Å²) in [7, 11) is 0. The first kappa shape index (κ1) is 23.1. The van der Waals surface area contributed by atoms with Crippen LogP contribution in [0.25, 0.3) is 0 Å². The van der Waals surface area contributed by atoms with Gasteiger partial charge in [0.2, 0.25) is 0 Å². The van der Waals surface area contributed by atoms with Crippen molar-refractivity contribution in [3.05, 3.63) is 60.7 Å². The molecule has 0 aliphatic carbocycles. The van der Waals surface area contributed by atoms with Crippen LogP contribution < -0.4 is 9.47 Å². The van der Waals surface area contributed by atoms with Crippen LogP contribution in [0.1, 0.15) is 38.2 Å². The maximum absolute atomic E-state index is 10.9. The van der Waals surface area contributed by atoms with Crippen molar-refractivity contribution in [1.82, 2.24) is 0 Å². The Labute approximate surface area is 178 Å². The Morgan fingerprint density at radius 1 is 0.933 bits per heavy atom. The average Bonchev–Trinajstić information content (AvgIpc) is 2.76. The van der Waals surface area contributed by atoms with Gasteiger partial charge in [0.05, 0.1) is 31.2 Å². The second-order valence-electron chi connectivity index (χ2n) is 6.71. The molecular formula is C24H30N2O4. The summed E-state index contributed by atoms with van der Waals surface area (Å²) in [4.78, 5) is 10.9. The zero-order valence-electron chi connectivity index (χ0n) is 17.8. The normalized spacial score (nSPS) is 10.7. The Morgan fingerprint density at radius 2 is 1.60 bits per heavy atom. The van der Waals surface area contributed by atoms with Gasteiger partial charge in [-0.2, -0.15) is 10.2 Å². The Morgan fingerprint density at radius 3 is 2.27 bits per heavy atom. The summed E-state index contributed by atoms with van der Waals surface area (Å²) >= 11 is 0. The molecule has 2 rings (SSSR count). The van der Waals surface area contributed by atoms with Crippen LogP contribution in [0.2, 0.25) is 0 Å². The largest absolute Gasteiger partial charge is 0.494 e. The molecule has 0 spiro atoms. The summed E-state index contributed by atoms with van der Waals surface area (Å²) in [6, 6.07) is 13.3. The lowest BCUT2D eigenvalue weighted by Gasteiger charge is -2.09. The van der Waals surface area contributed by atoms with E-state index in [1.54, 1.807) is 0 Å². The quantitative estimate of drug-likeness (QED) is 0.164. The van der Waals surface area contributed by atoms with E-state index in [1.807, 2.05) is 56.3 Å². The molecule has 0 atom stereocenters. The van der Waals surface area contributed by atoms with E-state index in [0.717, 1.165) is 54.1 Å². The fourth-order valence-corrected chi connectivity index (χ4v) is 2.72. The van der Waals surface area contributed by atoms with Crippen LogP contribution in [-0.2, 0) is 9.53 Å². The second-order valence-corrected chi connectivity index (χ2v) is 6.71. The van der Waals surface area contributed by atoms with Crippen molar-refractivity contribution in [1.29, 1.82) is 0 Å². The lowest BCUT2D eigenvalue weighted by molar-refractivity contribution is -0.137. The topological polar surface area (TPSA) is 69.5 Å². The van der Waals surface area contributed by atoms with Crippen LogP contribution >= 0.6 is 0 Å². The summed E-state index contributed by atoms with van der Waals surface area (Å²) in [5.74, 6) is 1.32. The lowest BCUT2D eigenvalue weighted by Crippen LogP contribution is -2.02. The molecule has 2 aromatic carbocycles. The molecule has 6 heteroatoms. The number of rotatable bonds is 13. The minimum Gasteiger partial charge on any atom is -0.494 e. The SMILES string of the molecule is C=CC(=O)OCCCCCCOc1ccc(N=Nc2ccc(OCC)cc2)cc1C. The predicted molar refractivity (Wildman–Crippen MR) is 118 cm³/mol. The van der Waals surface area contributed by atoms with Gasteiger partial charge in [0.1, 0.15) is 11.5 Å². The maximum Gasteiger partial charge on any atom is 0.330 e. The molecule has 0 radical (unpaired) electrons. The minimum absolute atomic E-state index is 0.365. The smallest absolute Gasteiger partial charge is 0.330 e. The number of hydrogen-bond acceptors (Lipinski definition) is 6. The van der Waals surface area contributed by atoms with Crippen molar-refractivity contribution in [2.75, 3.05) is 19.8 Å². The molecule has 0 fully saturated rings. The minimum atomic E-state index is -0.365. The third kappa shape index (κ3) is 8.47. The van der Waals surface area contributed by atoms with Crippen LogP contribution in [0, 0.1) is 6.92 Å². The van der Waals surface area contributed by atoms with Crippen LogP contribution in [0.15, 0.2) is 65.3 Å². The van der Waals surface area contributed by atoms with E-state index in [9.17, 15) is 4.79 Å². The molecule has 0 unspecified atom stereocenters. The predicted octanol–water partition coefficient (Wildman–Crippen LogP) is 6.48. The van der Waals surface area contributed by atoms with Crippen molar-refractivity contribution in [3.63, 3.8) is 0 Å². The molecule has 0 aromatic heterocycles. The van der Waals surface area contributed by atoms with Gasteiger partial charge in [-0.05, 0) is 87.6 Å². The van der Waals surface area contributed by atoms with Crippen LogP contribution in [0.4, 0.5) is 11.4 Å². The monoisotopic (exact) mass is 410 g/mol. The molecule has 0 saturated heterocycles. The summed E-state index contributed by atoms with van der Waals surface area (Å²) in [5.41, 5.74) is 2.58. The molecule has 0 heterocycles. The van der Waals surface area contributed by atoms with Crippen molar-refractivity contribution in [2.24, 2.45) is 10.2 Å². The van der Waals surface area contributed by atoms with Gasteiger partial charge in [0.25, 0.3) is 0 Å². The van der Waals surface area contributed by atoms with Gasteiger partial charge in [-0.25, -0.2) is 4.79 Å². The molecule has 0 aliphatic heterocycles. The number of unbranched alkanes of at least 4 members (excludes halogenated alkanes) is 3. The number of benzene rings is 2. The Balaban J connectivity index is 1.71. The summed E-state index contributed by atoms with van der Waals surface area (Å²) in [6.07, 6.45) is 5.01. The van der Waals surface area contributed by atoms with Crippen LogP contribution in [0.3, 0.4) is 0 Å². The molecule has 0 bridgehead atoms. The zero-order chi connectivity index (χ0) is 21.6. The Hall–Kier alpha value is -3.15. The number of nitrogens with zero attached hydrogens (tertiary/aromatic N) is 2. The Kier molecular flexibility index (Phi) is 10.1. The van der Waals surface area contributed by atoms with E-state index in [0.29, 0.717) is 19.8 Å².